The Kier molecular flexibility index (Phi) is 3.10. The first-order valence-electron chi connectivity index (χ1n) is 3.53. The number of aryl methyl sites for hydroxylation is 1. The average molecular weight is 267 g/mol. The molecule has 0 unspecified atom stereocenters. The molecule has 76 valence electrons. The zero-order chi connectivity index (χ0) is 10.9. The van der Waals surface area contributed by atoms with Crippen molar-refractivity contribution in [3.63, 3.8) is 0 Å². The van der Waals surface area contributed by atoms with E-state index < -0.39 is 22.6 Å². The third-order valence-electron chi connectivity index (χ3n) is 1.62. The van der Waals surface area contributed by atoms with Crippen LogP contribution < -0.4 is 0 Å². The highest BCUT2D eigenvalue weighted by atomic mass is 79.9. The minimum absolute atomic E-state index is 0.0376. The van der Waals surface area contributed by atoms with E-state index in [2.05, 4.69) is 20.9 Å². The van der Waals surface area contributed by atoms with Crippen LogP contribution in [0.3, 0.4) is 0 Å². The van der Waals surface area contributed by atoms with Crippen molar-refractivity contribution in [3.8, 4) is 0 Å². The molecule has 0 aliphatic rings. The number of nitro groups is 1. The van der Waals surface area contributed by atoms with E-state index in [1.807, 2.05) is 0 Å². The summed E-state index contributed by atoms with van der Waals surface area (Å²) >= 11 is 2.83. The molecule has 0 radical (unpaired) electrons. The van der Waals surface area contributed by atoms with Gasteiger partial charge in [-0.05, 0) is 22.9 Å². The van der Waals surface area contributed by atoms with Crippen LogP contribution in [0.2, 0.25) is 0 Å². The summed E-state index contributed by atoms with van der Waals surface area (Å²) in [6.45, 7) is 1.37. The normalized spacial score (nSPS) is 10.6. The molecule has 1 rings (SSSR count). The van der Waals surface area contributed by atoms with Gasteiger partial charge in [0.15, 0.2) is 4.60 Å². The van der Waals surface area contributed by atoms with Gasteiger partial charge in [-0.3, -0.25) is 10.1 Å². The van der Waals surface area contributed by atoms with Gasteiger partial charge in [0.2, 0.25) is 0 Å². The number of rotatable bonds is 2. The third-order valence-corrected chi connectivity index (χ3v) is 2.20. The average Bonchev–Trinajstić information content (AvgIpc) is 2.02. The van der Waals surface area contributed by atoms with Crippen LogP contribution in [0, 0.1) is 17.0 Å². The molecule has 0 aliphatic heterocycles. The standard InChI is InChI=1S/C7H5BrF2N2O2/c1-3-4(7(9)10)2-5(12(13)14)6(8)11-3/h2,7H,1H3. The third kappa shape index (κ3) is 2.03. The number of pyridine rings is 1. The van der Waals surface area contributed by atoms with E-state index in [1.165, 1.54) is 6.92 Å². The van der Waals surface area contributed by atoms with Gasteiger partial charge < -0.3 is 0 Å². The second-order valence-corrected chi connectivity index (χ2v) is 3.28. The van der Waals surface area contributed by atoms with Gasteiger partial charge in [-0.15, -0.1) is 0 Å². The van der Waals surface area contributed by atoms with E-state index in [9.17, 15) is 18.9 Å². The zero-order valence-corrected chi connectivity index (χ0v) is 8.59. The Morgan fingerprint density at radius 1 is 1.64 bits per heavy atom. The molecule has 7 heteroatoms. The first-order chi connectivity index (χ1) is 6.43. The van der Waals surface area contributed by atoms with Crippen molar-refractivity contribution in [1.29, 1.82) is 0 Å². The molecule has 0 aromatic carbocycles. The minimum Gasteiger partial charge on any atom is -0.258 e. The Labute approximate surface area is 86.2 Å². The van der Waals surface area contributed by atoms with Gasteiger partial charge in [-0.1, -0.05) is 0 Å². The van der Waals surface area contributed by atoms with Crippen LogP contribution >= 0.6 is 15.9 Å². The molecule has 0 N–H and O–H groups in total. The maximum Gasteiger partial charge on any atom is 0.302 e. The van der Waals surface area contributed by atoms with E-state index in [4.69, 9.17) is 0 Å². The minimum atomic E-state index is -2.76. The van der Waals surface area contributed by atoms with Crippen LogP contribution in [-0.2, 0) is 0 Å². The second-order valence-electron chi connectivity index (χ2n) is 2.53. The second kappa shape index (κ2) is 3.95. The molecule has 1 heterocycles. The highest BCUT2D eigenvalue weighted by molar-refractivity contribution is 9.10. The Morgan fingerprint density at radius 2 is 2.21 bits per heavy atom. The summed E-state index contributed by atoms with van der Waals surface area (Å²) in [7, 11) is 0. The molecule has 0 spiro atoms. The van der Waals surface area contributed by atoms with Gasteiger partial charge in [-0.2, -0.15) is 0 Å². The summed E-state index contributed by atoms with van der Waals surface area (Å²) < 4.78 is 24.6. The van der Waals surface area contributed by atoms with E-state index in [-0.39, 0.29) is 10.3 Å². The quantitative estimate of drug-likeness (QED) is 0.470. The lowest BCUT2D eigenvalue weighted by atomic mass is 10.2. The first kappa shape index (κ1) is 11.0. The Hall–Kier alpha value is -1.11. The Bertz CT molecular complexity index is 384. The molecule has 14 heavy (non-hydrogen) atoms. The van der Waals surface area contributed by atoms with E-state index in [1.54, 1.807) is 0 Å². The maximum absolute atomic E-state index is 12.3. The molecule has 0 fully saturated rings. The van der Waals surface area contributed by atoms with E-state index >= 15 is 0 Å². The Morgan fingerprint density at radius 3 is 2.64 bits per heavy atom. The monoisotopic (exact) mass is 266 g/mol. The van der Waals surface area contributed by atoms with Crippen molar-refractivity contribution in [2.75, 3.05) is 0 Å². The Balaban J connectivity index is 3.34. The predicted molar refractivity (Wildman–Crippen MR) is 48.3 cm³/mol. The topological polar surface area (TPSA) is 56.0 Å². The van der Waals surface area contributed by atoms with Crippen LogP contribution in [0.4, 0.5) is 14.5 Å². The fourth-order valence-corrected chi connectivity index (χ4v) is 1.45. The maximum atomic E-state index is 12.3. The molecular formula is C7H5BrF2N2O2. The molecule has 0 saturated carbocycles. The van der Waals surface area contributed by atoms with Crippen molar-refractivity contribution in [1.82, 2.24) is 4.98 Å². The van der Waals surface area contributed by atoms with Crippen molar-refractivity contribution in [2.24, 2.45) is 0 Å². The fraction of sp³-hybridized carbons (Fsp3) is 0.286. The first-order valence-corrected chi connectivity index (χ1v) is 4.32. The number of hydrogen-bond acceptors (Lipinski definition) is 3. The highest BCUT2D eigenvalue weighted by Crippen LogP contribution is 2.30. The number of alkyl halides is 2. The summed E-state index contributed by atoms with van der Waals surface area (Å²) in [5.41, 5.74) is -0.789. The largest absolute Gasteiger partial charge is 0.302 e. The molecule has 1 aromatic heterocycles. The highest BCUT2D eigenvalue weighted by Gasteiger charge is 2.20. The van der Waals surface area contributed by atoms with Crippen LogP contribution in [0.15, 0.2) is 10.7 Å². The van der Waals surface area contributed by atoms with Crippen molar-refractivity contribution in [3.05, 3.63) is 32.0 Å². The van der Waals surface area contributed by atoms with E-state index in [0.717, 1.165) is 6.07 Å². The molecular weight excluding hydrogens is 262 g/mol. The summed E-state index contributed by atoms with van der Waals surface area (Å²) in [5, 5.41) is 10.4. The lowest BCUT2D eigenvalue weighted by Gasteiger charge is -2.04. The van der Waals surface area contributed by atoms with Crippen molar-refractivity contribution < 1.29 is 13.7 Å². The van der Waals surface area contributed by atoms with Crippen LogP contribution in [0.1, 0.15) is 17.7 Å². The summed E-state index contributed by atoms with van der Waals surface area (Å²) in [6, 6.07) is 0.830. The predicted octanol–water partition coefficient (Wildman–Crippen LogP) is 3.00. The molecule has 0 bridgehead atoms. The number of nitrogens with zero attached hydrogens (tertiary/aromatic N) is 2. The number of halogens is 3. The van der Waals surface area contributed by atoms with Gasteiger partial charge in [0.05, 0.1) is 4.92 Å². The van der Waals surface area contributed by atoms with Gasteiger partial charge in [0.25, 0.3) is 6.43 Å². The summed E-state index contributed by atoms with van der Waals surface area (Å²) in [5.74, 6) is 0. The van der Waals surface area contributed by atoms with Gasteiger partial charge in [0.1, 0.15) is 0 Å². The van der Waals surface area contributed by atoms with Gasteiger partial charge >= 0.3 is 5.69 Å². The van der Waals surface area contributed by atoms with Crippen molar-refractivity contribution >= 4 is 21.6 Å². The molecule has 0 atom stereocenters. The number of aromatic nitrogens is 1. The molecule has 0 amide bonds. The molecule has 0 saturated heterocycles. The number of hydrogen-bond donors (Lipinski definition) is 0. The van der Waals surface area contributed by atoms with Crippen molar-refractivity contribution in [2.45, 2.75) is 13.3 Å². The lowest BCUT2D eigenvalue weighted by Crippen LogP contribution is -1.99. The lowest BCUT2D eigenvalue weighted by molar-refractivity contribution is -0.386. The van der Waals surface area contributed by atoms with Gasteiger partial charge in [0, 0.05) is 17.3 Å². The smallest absolute Gasteiger partial charge is 0.258 e. The molecule has 4 nitrogen and oxygen atoms in total. The summed E-state index contributed by atoms with van der Waals surface area (Å²) in [6.07, 6.45) is -2.76. The van der Waals surface area contributed by atoms with Crippen LogP contribution in [0.5, 0.6) is 0 Å². The van der Waals surface area contributed by atoms with Crippen LogP contribution in [-0.4, -0.2) is 9.91 Å². The SMILES string of the molecule is Cc1nc(Br)c([N+](=O)[O-])cc1C(F)F. The van der Waals surface area contributed by atoms with Gasteiger partial charge in [-0.25, -0.2) is 13.8 Å². The summed E-state index contributed by atoms with van der Waals surface area (Å²) in [4.78, 5) is 13.2. The molecule has 0 aliphatic carbocycles. The molecule has 1 aromatic rings. The fourth-order valence-electron chi connectivity index (χ4n) is 0.929. The van der Waals surface area contributed by atoms with E-state index in [0.29, 0.717) is 0 Å². The van der Waals surface area contributed by atoms with Crippen LogP contribution in [0.25, 0.3) is 0 Å². The zero-order valence-electron chi connectivity index (χ0n) is 7.00.